The van der Waals surface area contributed by atoms with Crippen LogP contribution in [-0.4, -0.2) is 36.7 Å². The maximum absolute atomic E-state index is 13.0. The number of ether oxygens (including phenoxy) is 1. The molecule has 0 atom stereocenters. The minimum atomic E-state index is -1.05. The molecule has 0 heterocycles. The summed E-state index contributed by atoms with van der Waals surface area (Å²) in [6.07, 6.45) is 0.640. The molecule has 1 rings (SSSR count). The van der Waals surface area contributed by atoms with Crippen LogP contribution in [0.4, 0.5) is 4.39 Å². The molecule has 0 bridgehead atoms. The number of aliphatic carboxylic acids is 1. The number of hydrogen-bond donors (Lipinski definition) is 2. The molecule has 0 saturated carbocycles. The van der Waals surface area contributed by atoms with Gasteiger partial charge in [-0.3, -0.25) is 4.79 Å². The summed E-state index contributed by atoms with van der Waals surface area (Å²) >= 11 is 3.29. The molecule has 1 aromatic rings. The van der Waals surface area contributed by atoms with Gasteiger partial charge in [-0.15, -0.1) is 0 Å². The largest absolute Gasteiger partial charge is 0.480 e. The Kier molecular flexibility index (Phi) is 7.17. The third-order valence-electron chi connectivity index (χ3n) is 2.42. The molecule has 0 unspecified atom stereocenters. The Balaban J connectivity index is 2.23. The molecule has 2 N–H and O–H groups in total. The van der Waals surface area contributed by atoms with Gasteiger partial charge in [0.1, 0.15) is 12.4 Å². The van der Waals surface area contributed by atoms with Crippen LogP contribution >= 0.6 is 15.9 Å². The van der Waals surface area contributed by atoms with Crippen molar-refractivity contribution in [1.82, 2.24) is 5.32 Å². The van der Waals surface area contributed by atoms with E-state index in [-0.39, 0.29) is 37.9 Å². The van der Waals surface area contributed by atoms with Gasteiger partial charge in [0.25, 0.3) is 0 Å². The topological polar surface area (TPSA) is 75.6 Å². The maximum Gasteiger partial charge on any atom is 0.329 e. The molecular weight excluding hydrogens is 333 g/mol. The Morgan fingerprint density at radius 1 is 1.40 bits per heavy atom. The summed E-state index contributed by atoms with van der Waals surface area (Å²) < 4.78 is 18.6. The van der Waals surface area contributed by atoms with Crippen molar-refractivity contribution in [3.63, 3.8) is 0 Å². The maximum atomic E-state index is 13.0. The van der Waals surface area contributed by atoms with Gasteiger partial charge in [0.2, 0.25) is 5.91 Å². The van der Waals surface area contributed by atoms with Gasteiger partial charge in [-0.2, -0.15) is 0 Å². The van der Waals surface area contributed by atoms with E-state index in [4.69, 9.17) is 9.84 Å². The third-order valence-corrected chi connectivity index (χ3v) is 3.20. The predicted octanol–water partition coefficient (Wildman–Crippen LogP) is 1.74. The van der Waals surface area contributed by atoms with E-state index in [1.165, 1.54) is 12.1 Å². The number of carbonyl (C=O) groups excluding carboxylic acids is 1. The molecule has 110 valence electrons. The van der Waals surface area contributed by atoms with E-state index in [9.17, 15) is 14.0 Å². The van der Waals surface area contributed by atoms with E-state index in [1.54, 1.807) is 6.07 Å². The fourth-order valence-electron chi connectivity index (χ4n) is 1.49. The molecular formula is C13H15BrFNO4. The van der Waals surface area contributed by atoms with Gasteiger partial charge in [0.05, 0.1) is 6.61 Å². The lowest BCUT2D eigenvalue weighted by Gasteiger charge is -2.07. The average molecular weight is 348 g/mol. The summed E-state index contributed by atoms with van der Waals surface area (Å²) in [5, 5.41) is 10.9. The zero-order chi connectivity index (χ0) is 15.0. The zero-order valence-corrected chi connectivity index (χ0v) is 12.3. The van der Waals surface area contributed by atoms with Crippen LogP contribution in [0.1, 0.15) is 12.0 Å². The second kappa shape index (κ2) is 8.65. The Bertz CT molecular complexity index is 481. The lowest BCUT2D eigenvalue weighted by atomic mass is 10.1. The van der Waals surface area contributed by atoms with Gasteiger partial charge >= 0.3 is 5.97 Å². The number of halogens is 2. The van der Waals surface area contributed by atoms with Gasteiger partial charge in [-0.1, -0.05) is 15.9 Å². The SMILES string of the molecule is O=C(O)COCCNC(=O)CCc1cc(F)ccc1Br. The molecule has 0 aliphatic carbocycles. The molecule has 0 fully saturated rings. The molecule has 5 nitrogen and oxygen atoms in total. The quantitative estimate of drug-likeness (QED) is 0.702. The molecule has 0 radical (unpaired) electrons. The summed E-state index contributed by atoms with van der Waals surface area (Å²) in [5.41, 5.74) is 0.724. The van der Waals surface area contributed by atoms with Crippen molar-refractivity contribution in [2.45, 2.75) is 12.8 Å². The molecule has 1 amide bonds. The van der Waals surface area contributed by atoms with Crippen LogP contribution in [0.2, 0.25) is 0 Å². The molecule has 20 heavy (non-hydrogen) atoms. The second-order valence-electron chi connectivity index (χ2n) is 4.03. The van der Waals surface area contributed by atoms with Crippen molar-refractivity contribution in [3.05, 3.63) is 34.1 Å². The molecule has 0 spiro atoms. The van der Waals surface area contributed by atoms with Crippen LogP contribution in [0.5, 0.6) is 0 Å². The zero-order valence-electron chi connectivity index (χ0n) is 10.7. The Morgan fingerprint density at radius 3 is 2.85 bits per heavy atom. The fraction of sp³-hybridized carbons (Fsp3) is 0.385. The van der Waals surface area contributed by atoms with Crippen LogP contribution in [0.15, 0.2) is 22.7 Å². The van der Waals surface area contributed by atoms with E-state index < -0.39 is 5.97 Å². The first-order valence-corrected chi connectivity index (χ1v) is 6.78. The highest BCUT2D eigenvalue weighted by molar-refractivity contribution is 9.10. The van der Waals surface area contributed by atoms with Crippen LogP contribution < -0.4 is 5.32 Å². The normalized spacial score (nSPS) is 10.3. The highest BCUT2D eigenvalue weighted by Gasteiger charge is 2.06. The van der Waals surface area contributed by atoms with E-state index >= 15 is 0 Å². The van der Waals surface area contributed by atoms with E-state index in [1.807, 2.05) is 0 Å². The van der Waals surface area contributed by atoms with Gasteiger partial charge in [0.15, 0.2) is 0 Å². The first-order valence-electron chi connectivity index (χ1n) is 5.99. The molecule has 0 aliphatic heterocycles. The Hall–Kier alpha value is -1.47. The summed E-state index contributed by atoms with van der Waals surface area (Å²) in [5.74, 6) is -1.59. The molecule has 7 heteroatoms. The van der Waals surface area contributed by atoms with Crippen LogP contribution in [0.3, 0.4) is 0 Å². The summed E-state index contributed by atoms with van der Waals surface area (Å²) in [6, 6.07) is 4.32. The van der Waals surface area contributed by atoms with Crippen molar-refractivity contribution in [1.29, 1.82) is 0 Å². The van der Waals surface area contributed by atoms with E-state index in [2.05, 4.69) is 21.2 Å². The number of benzene rings is 1. The number of carboxylic acid groups (broad SMARTS) is 1. The van der Waals surface area contributed by atoms with Crippen molar-refractivity contribution < 1.29 is 23.8 Å². The third kappa shape index (κ3) is 6.63. The number of carboxylic acids is 1. The summed E-state index contributed by atoms with van der Waals surface area (Å²) in [7, 11) is 0. The van der Waals surface area contributed by atoms with Gasteiger partial charge in [-0.05, 0) is 30.2 Å². The Morgan fingerprint density at radius 2 is 2.15 bits per heavy atom. The van der Waals surface area contributed by atoms with Crippen molar-refractivity contribution in [2.24, 2.45) is 0 Å². The lowest BCUT2D eigenvalue weighted by molar-refractivity contribution is -0.142. The summed E-state index contributed by atoms with van der Waals surface area (Å²) in [6.45, 7) is 0.00421. The minimum absolute atomic E-state index is 0.141. The highest BCUT2D eigenvalue weighted by Crippen LogP contribution is 2.19. The van der Waals surface area contributed by atoms with Crippen molar-refractivity contribution in [2.75, 3.05) is 19.8 Å². The smallest absolute Gasteiger partial charge is 0.329 e. The first kappa shape index (κ1) is 16.6. The van der Waals surface area contributed by atoms with Crippen LogP contribution in [0.25, 0.3) is 0 Å². The fourth-order valence-corrected chi connectivity index (χ4v) is 1.94. The van der Waals surface area contributed by atoms with Gasteiger partial charge in [-0.25, -0.2) is 9.18 Å². The monoisotopic (exact) mass is 347 g/mol. The van der Waals surface area contributed by atoms with Gasteiger partial charge < -0.3 is 15.2 Å². The molecule has 0 aromatic heterocycles. The number of nitrogens with one attached hydrogen (secondary N) is 1. The average Bonchev–Trinajstić information content (AvgIpc) is 2.39. The standard InChI is InChI=1S/C13H15BrFNO4/c14-11-3-2-10(15)7-9(11)1-4-12(17)16-5-6-20-8-13(18)19/h2-3,7H,1,4-6,8H2,(H,16,17)(H,18,19). The number of aryl methyl sites for hydroxylation is 1. The highest BCUT2D eigenvalue weighted by atomic mass is 79.9. The first-order chi connectivity index (χ1) is 9.49. The van der Waals surface area contributed by atoms with E-state index in [0.717, 1.165) is 10.0 Å². The minimum Gasteiger partial charge on any atom is -0.480 e. The number of amides is 1. The van der Waals surface area contributed by atoms with Crippen molar-refractivity contribution in [3.8, 4) is 0 Å². The molecule has 1 aromatic carbocycles. The molecule has 0 aliphatic rings. The summed E-state index contributed by atoms with van der Waals surface area (Å²) in [4.78, 5) is 21.7. The van der Waals surface area contributed by atoms with E-state index in [0.29, 0.717) is 6.42 Å². The van der Waals surface area contributed by atoms with Gasteiger partial charge in [0, 0.05) is 17.4 Å². The lowest BCUT2D eigenvalue weighted by Crippen LogP contribution is -2.28. The molecule has 0 saturated heterocycles. The predicted molar refractivity (Wildman–Crippen MR) is 73.9 cm³/mol. The van der Waals surface area contributed by atoms with Crippen LogP contribution in [0, 0.1) is 5.82 Å². The number of rotatable bonds is 8. The van der Waals surface area contributed by atoms with Crippen LogP contribution in [-0.2, 0) is 20.7 Å². The number of hydrogen-bond acceptors (Lipinski definition) is 3. The second-order valence-corrected chi connectivity index (χ2v) is 4.89. The Labute approximate surface area is 124 Å². The number of carbonyl (C=O) groups is 2. The van der Waals surface area contributed by atoms with Crippen molar-refractivity contribution >= 4 is 27.8 Å².